The summed E-state index contributed by atoms with van der Waals surface area (Å²) in [6.07, 6.45) is 0.883. The van der Waals surface area contributed by atoms with Gasteiger partial charge in [0, 0.05) is 6.07 Å². The molecule has 3 rings (SSSR count). The van der Waals surface area contributed by atoms with Gasteiger partial charge in [-0.2, -0.15) is 0 Å². The summed E-state index contributed by atoms with van der Waals surface area (Å²) in [6, 6.07) is 14.2. The summed E-state index contributed by atoms with van der Waals surface area (Å²) in [5.41, 5.74) is 8.43. The predicted molar refractivity (Wildman–Crippen MR) is 85.7 cm³/mol. The number of fused-ring (bicyclic) bond motifs is 1. The van der Waals surface area contributed by atoms with Gasteiger partial charge in [-0.25, -0.2) is 0 Å². The van der Waals surface area contributed by atoms with Gasteiger partial charge in [-0.3, -0.25) is 0 Å². The first-order chi connectivity index (χ1) is 10.8. The van der Waals surface area contributed by atoms with Crippen molar-refractivity contribution < 1.29 is 14.2 Å². The van der Waals surface area contributed by atoms with Crippen LogP contribution in [0.5, 0.6) is 17.2 Å². The molecule has 1 aliphatic heterocycles. The molecule has 0 amide bonds. The Morgan fingerprint density at radius 1 is 1.09 bits per heavy atom. The molecule has 0 bridgehead atoms. The number of benzene rings is 2. The molecule has 0 spiro atoms. The lowest BCUT2D eigenvalue weighted by atomic mass is 9.95. The van der Waals surface area contributed by atoms with Crippen molar-refractivity contribution in [1.29, 1.82) is 0 Å². The van der Waals surface area contributed by atoms with Gasteiger partial charge in [0.05, 0.1) is 6.61 Å². The van der Waals surface area contributed by atoms with Crippen molar-refractivity contribution in [2.75, 3.05) is 19.9 Å². The minimum absolute atomic E-state index is 0.279. The maximum atomic E-state index is 5.90. The molecule has 1 unspecified atom stereocenters. The average molecular weight is 299 g/mol. The van der Waals surface area contributed by atoms with Crippen LogP contribution >= 0.6 is 0 Å². The first-order valence-corrected chi connectivity index (χ1v) is 7.55. The second-order valence-corrected chi connectivity index (χ2v) is 5.50. The zero-order valence-electron chi connectivity index (χ0n) is 12.7. The minimum atomic E-state index is 0.279. The number of rotatable bonds is 6. The van der Waals surface area contributed by atoms with E-state index < -0.39 is 0 Å². The average Bonchev–Trinajstić information content (AvgIpc) is 3.00. The molecule has 2 N–H and O–H groups in total. The number of aryl methyl sites for hydroxylation is 1. The molecule has 1 heterocycles. The Morgan fingerprint density at radius 2 is 1.86 bits per heavy atom. The lowest BCUT2D eigenvalue weighted by molar-refractivity contribution is 0.173. The van der Waals surface area contributed by atoms with Crippen molar-refractivity contribution in [1.82, 2.24) is 0 Å². The molecule has 0 saturated heterocycles. The Kier molecular flexibility index (Phi) is 4.49. The first-order valence-electron chi connectivity index (χ1n) is 7.55. The Hall–Kier alpha value is -2.20. The van der Waals surface area contributed by atoms with Gasteiger partial charge in [-0.15, -0.1) is 0 Å². The second kappa shape index (κ2) is 6.71. The van der Waals surface area contributed by atoms with Crippen LogP contribution < -0.4 is 19.9 Å². The van der Waals surface area contributed by atoms with Gasteiger partial charge in [0.1, 0.15) is 5.75 Å². The van der Waals surface area contributed by atoms with E-state index in [1.54, 1.807) is 0 Å². The van der Waals surface area contributed by atoms with E-state index in [1.807, 2.05) is 18.2 Å². The van der Waals surface area contributed by atoms with Crippen LogP contribution in [-0.4, -0.2) is 19.9 Å². The largest absolute Gasteiger partial charge is 0.493 e. The fourth-order valence-electron chi connectivity index (χ4n) is 2.54. The maximum Gasteiger partial charge on any atom is 0.231 e. The third-order valence-electron chi connectivity index (χ3n) is 3.91. The Bertz CT molecular complexity index is 625. The molecule has 116 valence electrons. The molecule has 4 nitrogen and oxygen atoms in total. The highest BCUT2D eigenvalue weighted by atomic mass is 16.7. The van der Waals surface area contributed by atoms with E-state index in [0.717, 1.165) is 23.7 Å². The highest BCUT2D eigenvalue weighted by molar-refractivity contribution is 5.46. The molecule has 2 aromatic carbocycles. The van der Waals surface area contributed by atoms with Crippen molar-refractivity contribution in [3.8, 4) is 17.2 Å². The summed E-state index contributed by atoms with van der Waals surface area (Å²) in [6.45, 7) is 3.61. The summed E-state index contributed by atoms with van der Waals surface area (Å²) >= 11 is 0. The second-order valence-electron chi connectivity index (χ2n) is 5.50. The third kappa shape index (κ3) is 3.34. The summed E-state index contributed by atoms with van der Waals surface area (Å²) in [7, 11) is 0. The van der Waals surface area contributed by atoms with E-state index in [4.69, 9.17) is 19.9 Å². The lowest BCUT2D eigenvalue weighted by Crippen LogP contribution is -2.15. The highest BCUT2D eigenvalue weighted by Gasteiger charge is 2.14. The van der Waals surface area contributed by atoms with Crippen LogP contribution in [0.25, 0.3) is 0 Å². The van der Waals surface area contributed by atoms with Crippen molar-refractivity contribution in [3.05, 3.63) is 53.6 Å². The van der Waals surface area contributed by atoms with Crippen molar-refractivity contribution in [3.63, 3.8) is 0 Å². The van der Waals surface area contributed by atoms with Crippen molar-refractivity contribution in [2.24, 2.45) is 5.73 Å². The highest BCUT2D eigenvalue weighted by Crippen LogP contribution is 2.35. The van der Waals surface area contributed by atoms with Gasteiger partial charge >= 0.3 is 0 Å². The SMILES string of the molecule is Cc1ccc(C(CN)CCOc2ccc3c(c2)OCO3)cc1. The molecule has 1 aliphatic rings. The van der Waals surface area contributed by atoms with Crippen molar-refractivity contribution >= 4 is 0 Å². The normalized spacial score (nSPS) is 13.9. The molecule has 4 heteroatoms. The smallest absolute Gasteiger partial charge is 0.231 e. The van der Waals surface area contributed by atoms with Gasteiger partial charge in [0.2, 0.25) is 6.79 Å². The van der Waals surface area contributed by atoms with Crippen LogP contribution in [0.2, 0.25) is 0 Å². The summed E-state index contributed by atoms with van der Waals surface area (Å²) in [5, 5.41) is 0. The Balaban J connectivity index is 1.56. The quantitative estimate of drug-likeness (QED) is 0.889. The molecule has 1 atom stereocenters. The van der Waals surface area contributed by atoms with Crippen LogP contribution in [0.3, 0.4) is 0 Å². The van der Waals surface area contributed by atoms with Crippen LogP contribution in [0.4, 0.5) is 0 Å². The summed E-state index contributed by atoms with van der Waals surface area (Å²) in [5.74, 6) is 2.62. The predicted octanol–water partition coefficient (Wildman–Crippen LogP) is 3.24. The third-order valence-corrected chi connectivity index (χ3v) is 3.91. The van der Waals surface area contributed by atoms with Crippen LogP contribution in [-0.2, 0) is 0 Å². The molecule has 22 heavy (non-hydrogen) atoms. The Morgan fingerprint density at radius 3 is 2.64 bits per heavy atom. The molecular formula is C18H21NO3. The van der Waals surface area contributed by atoms with Crippen LogP contribution in [0, 0.1) is 6.92 Å². The van der Waals surface area contributed by atoms with Gasteiger partial charge in [-0.05, 0) is 43.5 Å². The molecule has 0 aromatic heterocycles. The number of ether oxygens (including phenoxy) is 3. The van der Waals surface area contributed by atoms with Crippen molar-refractivity contribution in [2.45, 2.75) is 19.3 Å². The molecule has 0 radical (unpaired) electrons. The molecular weight excluding hydrogens is 278 g/mol. The number of hydrogen-bond acceptors (Lipinski definition) is 4. The van der Waals surface area contributed by atoms with E-state index in [-0.39, 0.29) is 6.79 Å². The zero-order chi connectivity index (χ0) is 15.4. The molecule has 0 aliphatic carbocycles. The van der Waals surface area contributed by atoms with Gasteiger partial charge in [0.15, 0.2) is 11.5 Å². The standard InChI is InChI=1S/C18H21NO3/c1-13-2-4-14(5-3-13)15(11-19)8-9-20-16-6-7-17-18(10-16)22-12-21-17/h2-7,10,15H,8-9,11-12,19H2,1H3. The van der Waals surface area contributed by atoms with E-state index in [0.29, 0.717) is 19.1 Å². The fraction of sp³-hybridized carbons (Fsp3) is 0.333. The molecule has 0 saturated carbocycles. The van der Waals surface area contributed by atoms with Crippen LogP contribution in [0.15, 0.2) is 42.5 Å². The van der Waals surface area contributed by atoms with E-state index in [1.165, 1.54) is 11.1 Å². The number of hydrogen-bond donors (Lipinski definition) is 1. The fourth-order valence-corrected chi connectivity index (χ4v) is 2.54. The van der Waals surface area contributed by atoms with Crippen LogP contribution in [0.1, 0.15) is 23.5 Å². The van der Waals surface area contributed by atoms with Gasteiger partial charge < -0.3 is 19.9 Å². The summed E-state index contributed by atoms with van der Waals surface area (Å²) < 4.78 is 16.5. The minimum Gasteiger partial charge on any atom is -0.493 e. The van der Waals surface area contributed by atoms with Gasteiger partial charge in [-0.1, -0.05) is 29.8 Å². The first kappa shape index (κ1) is 14.7. The van der Waals surface area contributed by atoms with E-state index in [9.17, 15) is 0 Å². The van der Waals surface area contributed by atoms with E-state index in [2.05, 4.69) is 31.2 Å². The zero-order valence-corrected chi connectivity index (χ0v) is 12.7. The molecule has 2 aromatic rings. The number of nitrogens with two attached hydrogens (primary N) is 1. The monoisotopic (exact) mass is 299 g/mol. The van der Waals surface area contributed by atoms with E-state index >= 15 is 0 Å². The topological polar surface area (TPSA) is 53.7 Å². The summed E-state index contributed by atoms with van der Waals surface area (Å²) in [4.78, 5) is 0. The lowest BCUT2D eigenvalue weighted by Gasteiger charge is -2.16. The maximum absolute atomic E-state index is 5.90. The Labute approximate surface area is 130 Å². The molecule has 0 fully saturated rings. The van der Waals surface area contributed by atoms with Gasteiger partial charge in [0.25, 0.3) is 0 Å².